The Morgan fingerprint density at radius 2 is 2.27 bits per heavy atom. The molecule has 0 bridgehead atoms. The fraction of sp³-hybridized carbons (Fsp3) is 0.600. The van der Waals surface area contributed by atoms with Gasteiger partial charge in [0.25, 0.3) is 0 Å². The first-order chi connectivity index (χ1) is 10.0. The Hall–Kier alpha value is -0.700. The SMILES string of the molecule is CN=C(NCc1ccc(OC)nc1)N1CCSC(C)(C)C1.I. The Bertz CT molecular complexity index is 493. The molecule has 0 atom stereocenters. The van der Waals surface area contributed by atoms with Crippen LogP contribution < -0.4 is 10.1 Å². The molecule has 2 heterocycles. The molecule has 1 aliphatic rings. The average Bonchev–Trinajstić information content (AvgIpc) is 2.47. The number of halogens is 1. The molecule has 0 amide bonds. The lowest BCUT2D eigenvalue weighted by molar-refractivity contribution is 0.375. The molecule has 5 nitrogen and oxygen atoms in total. The normalized spacial score (nSPS) is 17.6. The van der Waals surface area contributed by atoms with Crippen molar-refractivity contribution < 1.29 is 4.74 Å². The number of ether oxygens (including phenoxy) is 1. The van der Waals surface area contributed by atoms with Crippen LogP contribution in [0, 0.1) is 0 Å². The Morgan fingerprint density at radius 3 is 2.82 bits per heavy atom. The summed E-state index contributed by atoms with van der Waals surface area (Å²) in [6.45, 7) is 7.33. The number of pyridine rings is 1. The smallest absolute Gasteiger partial charge is 0.212 e. The van der Waals surface area contributed by atoms with Crippen molar-refractivity contribution in [3.05, 3.63) is 23.9 Å². The largest absolute Gasteiger partial charge is 0.481 e. The van der Waals surface area contributed by atoms with Crippen LogP contribution in [0.15, 0.2) is 23.3 Å². The number of hydrogen-bond donors (Lipinski definition) is 1. The standard InChI is InChI=1S/C15H24N4OS.HI/c1-15(2)11-19(7-8-21-15)14(16-3)18-10-12-5-6-13(20-4)17-9-12;/h5-6,9H,7-8,10-11H2,1-4H3,(H,16,18);1H. The maximum absolute atomic E-state index is 5.07. The first kappa shape index (κ1) is 19.3. The van der Waals surface area contributed by atoms with E-state index in [0.29, 0.717) is 12.4 Å². The van der Waals surface area contributed by atoms with Crippen LogP contribution in [0.1, 0.15) is 19.4 Å². The van der Waals surface area contributed by atoms with Crippen molar-refractivity contribution >= 4 is 41.7 Å². The highest BCUT2D eigenvalue weighted by molar-refractivity contribution is 14.0. The van der Waals surface area contributed by atoms with E-state index in [2.05, 4.69) is 34.0 Å². The molecule has 0 radical (unpaired) electrons. The number of nitrogens with zero attached hydrogens (tertiary/aromatic N) is 3. The van der Waals surface area contributed by atoms with Crippen molar-refractivity contribution in [2.75, 3.05) is 33.0 Å². The van der Waals surface area contributed by atoms with Crippen molar-refractivity contribution in [3.63, 3.8) is 0 Å². The van der Waals surface area contributed by atoms with E-state index in [-0.39, 0.29) is 28.7 Å². The number of hydrogen-bond acceptors (Lipinski definition) is 4. The highest BCUT2D eigenvalue weighted by atomic mass is 127. The van der Waals surface area contributed by atoms with E-state index >= 15 is 0 Å². The summed E-state index contributed by atoms with van der Waals surface area (Å²) in [6, 6.07) is 3.89. The zero-order valence-electron chi connectivity index (χ0n) is 13.6. The van der Waals surface area contributed by atoms with Gasteiger partial charge in [-0.25, -0.2) is 4.98 Å². The molecule has 1 saturated heterocycles. The quantitative estimate of drug-likeness (QED) is 0.449. The number of guanidine groups is 1. The number of nitrogens with one attached hydrogen (secondary N) is 1. The zero-order chi connectivity index (χ0) is 15.3. The van der Waals surface area contributed by atoms with Gasteiger partial charge in [-0.1, -0.05) is 6.07 Å². The highest BCUT2D eigenvalue weighted by Gasteiger charge is 2.28. The third kappa shape index (κ3) is 5.49. The molecule has 124 valence electrons. The molecule has 1 fully saturated rings. The Labute approximate surface area is 154 Å². The third-order valence-corrected chi connectivity index (χ3v) is 4.69. The number of rotatable bonds is 3. The molecule has 0 saturated carbocycles. The van der Waals surface area contributed by atoms with Gasteiger partial charge in [0.2, 0.25) is 5.88 Å². The maximum atomic E-state index is 5.07. The van der Waals surface area contributed by atoms with Crippen LogP contribution in [-0.4, -0.2) is 53.6 Å². The predicted octanol–water partition coefficient (Wildman–Crippen LogP) is 2.61. The van der Waals surface area contributed by atoms with Gasteiger partial charge >= 0.3 is 0 Å². The van der Waals surface area contributed by atoms with E-state index in [4.69, 9.17) is 4.74 Å². The third-order valence-electron chi connectivity index (χ3n) is 3.39. The number of aromatic nitrogens is 1. The van der Waals surface area contributed by atoms with Gasteiger partial charge in [-0.15, -0.1) is 24.0 Å². The lowest BCUT2D eigenvalue weighted by Gasteiger charge is -2.39. The van der Waals surface area contributed by atoms with Crippen LogP contribution in [0.2, 0.25) is 0 Å². The minimum Gasteiger partial charge on any atom is -0.481 e. The molecule has 1 N–H and O–H groups in total. The molecule has 1 aromatic rings. The summed E-state index contributed by atoms with van der Waals surface area (Å²) in [5.74, 6) is 2.73. The number of methoxy groups -OCH3 is 1. The monoisotopic (exact) mass is 436 g/mol. The fourth-order valence-electron chi connectivity index (χ4n) is 2.35. The molecular weight excluding hydrogens is 411 g/mol. The van der Waals surface area contributed by atoms with Gasteiger partial charge in [-0.3, -0.25) is 4.99 Å². The number of aliphatic imine (C=N–C) groups is 1. The molecule has 0 aromatic carbocycles. The van der Waals surface area contributed by atoms with Gasteiger partial charge in [-0.2, -0.15) is 11.8 Å². The highest BCUT2D eigenvalue weighted by Crippen LogP contribution is 2.29. The van der Waals surface area contributed by atoms with Crippen LogP contribution in [0.25, 0.3) is 0 Å². The summed E-state index contributed by atoms with van der Waals surface area (Å²) >= 11 is 2.02. The summed E-state index contributed by atoms with van der Waals surface area (Å²) in [6.07, 6.45) is 1.83. The minimum atomic E-state index is 0. The van der Waals surface area contributed by atoms with E-state index in [9.17, 15) is 0 Å². The van der Waals surface area contributed by atoms with Gasteiger partial charge in [0, 0.05) is 49.4 Å². The Balaban J connectivity index is 0.00000242. The topological polar surface area (TPSA) is 49.8 Å². The van der Waals surface area contributed by atoms with Gasteiger partial charge in [-0.05, 0) is 19.4 Å². The minimum absolute atomic E-state index is 0. The Morgan fingerprint density at radius 1 is 1.50 bits per heavy atom. The van der Waals surface area contributed by atoms with Crippen molar-refractivity contribution in [1.29, 1.82) is 0 Å². The predicted molar refractivity (Wildman–Crippen MR) is 105 cm³/mol. The summed E-state index contributed by atoms with van der Waals surface area (Å²) in [7, 11) is 3.46. The zero-order valence-corrected chi connectivity index (χ0v) is 16.8. The van der Waals surface area contributed by atoms with E-state index in [1.165, 1.54) is 0 Å². The van der Waals surface area contributed by atoms with E-state index in [1.807, 2.05) is 37.1 Å². The van der Waals surface area contributed by atoms with Crippen molar-refractivity contribution in [1.82, 2.24) is 15.2 Å². The molecule has 0 aliphatic carbocycles. The van der Waals surface area contributed by atoms with Crippen LogP contribution in [-0.2, 0) is 6.54 Å². The second kappa shape index (κ2) is 8.81. The number of thioether (sulfide) groups is 1. The second-order valence-corrected chi connectivity index (χ2v) is 7.44. The van der Waals surface area contributed by atoms with Gasteiger partial charge < -0.3 is 15.0 Å². The van der Waals surface area contributed by atoms with Crippen LogP contribution in [0.5, 0.6) is 5.88 Å². The molecule has 0 spiro atoms. The Kier molecular flexibility index (Phi) is 7.75. The van der Waals surface area contributed by atoms with Gasteiger partial charge in [0.05, 0.1) is 7.11 Å². The first-order valence-electron chi connectivity index (χ1n) is 7.12. The molecule has 1 aromatic heterocycles. The summed E-state index contributed by atoms with van der Waals surface area (Å²) in [4.78, 5) is 10.9. The fourth-order valence-corrected chi connectivity index (χ4v) is 3.46. The maximum Gasteiger partial charge on any atom is 0.212 e. The molecule has 1 aliphatic heterocycles. The first-order valence-corrected chi connectivity index (χ1v) is 8.11. The van der Waals surface area contributed by atoms with E-state index < -0.39 is 0 Å². The van der Waals surface area contributed by atoms with Crippen molar-refractivity contribution in [2.45, 2.75) is 25.1 Å². The lowest BCUT2D eigenvalue weighted by atomic mass is 10.2. The second-order valence-electron chi connectivity index (χ2n) is 5.64. The molecule has 2 rings (SSSR count). The molecular formula is C15H25IN4OS. The van der Waals surface area contributed by atoms with Crippen molar-refractivity contribution in [3.8, 4) is 5.88 Å². The van der Waals surface area contributed by atoms with Crippen molar-refractivity contribution in [2.24, 2.45) is 4.99 Å². The molecule has 0 unspecified atom stereocenters. The summed E-state index contributed by atoms with van der Waals surface area (Å²) in [5, 5.41) is 3.42. The van der Waals surface area contributed by atoms with Gasteiger partial charge in [0.1, 0.15) is 0 Å². The summed E-state index contributed by atoms with van der Waals surface area (Å²) < 4.78 is 5.34. The van der Waals surface area contributed by atoms with Crippen LogP contribution in [0.4, 0.5) is 0 Å². The van der Waals surface area contributed by atoms with E-state index in [0.717, 1.165) is 30.4 Å². The van der Waals surface area contributed by atoms with Crippen LogP contribution in [0.3, 0.4) is 0 Å². The molecule has 7 heteroatoms. The van der Waals surface area contributed by atoms with Gasteiger partial charge in [0.15, 0.2) is 5.96 Å². The average molecular weight is 436 g/mol. The summed E-state index contributed by atoms with van der Waals surface area (Å²) in [5.41, 5.74) is 1.11. The lowest BCUT2D eigenvalue weighted by Crippen LogP contribution is -2.50. The van der Waals surface area contributed by atoms with Crippen LogP contribution >= 0.6 is 35.7 Å². The molecule has 22 heavy (non-hydrogen) atoms. The van der Waals surface area contributed by atoms with E-state index in [1.54, 1.807) is 7.11 Å².